The van der Waals surface area contributed by atoms with E-state index in [0.29, 0.717) is 12.3 Å². The number of aromatic nitrogens is 4. The fourth-order valence-corrected chi connectivity index (χ4v) is 3.90. The summed E-state index contributed by atoms with van der Waals surface area (Å²) in [5, 5.41) is 9.16. The first-order chi connectivity index (χ1) is 13.2. The summed E-state index contributed by atoms with van der Waals surface area (Å²) < 4.78 is 9.57. The molecule has 2 aliphatic rings. The van der Waals surface area contributed by atoms with E-state index >= 15 is 0 Å². The fraction of sp³-hybridized carbons (Fsp3) is 0.632. The number of hydrogen-bond donors (Lipinski definition) is 0. The number of amides is 1. The normalized spacial score (nSPS) is 17.9. The second-order valence-electron chi connectivity index (χ2n) is 7.12. The van der Waals surface area contributed by atoms with Crippen LogP contribution in [0.1, 0.15) is 41.3 Å². The Bertz CT molecular complexity index is 803. The molecular formula is C19H28N6O2. The van der Waals surface area contributed by atoms with Crippen molar-refractivity contribution in [1.82, 2.24) is 29.4 Å². The minimum absolute atomic E-state index is 0.0305. The highest BCUT2D eigenvalue weighted by Crippen LogP contribution is 2.22. The van der Waals surface area contributed by atoms with Gasteiger partial charge in [-0.25, -0.2) is 0 Å². The molecule has 0 unspecified atom stereocenters. The van der Waals surface area contributed by atoms with Crippen LogP contribution in [0.25, 0.3) is 0 Å². The van der Waals surface area contributed by atoms with E-state index in [1.165, 1.54) is 11.3 Å². The molecule has 1 amide bonds. The van der Waals surface area contributed by atoms with Crippen molar-refractivity contribution in [2.24, 2.45) is 0 Å². The highest BCUT2D eigenvalue weighted by Gasteiger charge is 2.26. The van der Waals surface area contributed by atoms with Gasteiger partial charge in [0.15, 0.2) is 0 Å². The van der Waals surface area contributed by atoms with Gasteiger partial charge >= 0.3 is 0 Å². The number of piperazine rings is 1. The Kier molecular flexibility index (Phi) is 5.27. The molecule has 27 heavy (non-hydrogen) atoms. The molecule has 4 rings (SSSR count). The summed E-state index contributed by atoms with van der Waals surface area (Å²) in [7, 11) is 0. The Morgan fingerprint density at radius 2 is 1.96 bits per heavy atom. The van der Waals surface area contributed by atoms with E-state index < -0.39 is 0 Å². The van der Waals surface area contributed by atoms with Gasteiger partial charge in [-0.3, -0.25) is 19.1 Å². The van der Waals surface area contributed by atoms with Gasteiger partial charge in [0.05, 0.1) is 18.9 Å². The predicted molar refractivity (Wildman–Crippen MR) is 100 cm³/mol. The van der Waals surface area contributed by atoms with E-state index in [4.69, 9.17) is 9.84 Å². The molecule has 0 saturated carbocycles. The minimum atomic E-state index is 0.0305. The molecule has 0 spiro atoms. The molecule has 146 valence electrons. The van der Waals surface area contributed by atoms with E-state index in [2.05, 4.69) is 21.6 Å². The quantitative estimate of drug-likeness (QED) is 0.788. The van der Waals surface area contributed by atoms with Gasteiger partial charge in [-0.05, 0) is 19.9 Å². The molecule has 8 nitrogen and oxygen atoms in total. The van der Waals surface area contributed by atoms with Crippen LogP contribution in [0.3, 0.4) is 0 Å². The molecule has 4 heterocycles. The van der Waals surface area contributed by atoms with Gasteiger partial charge in [0.2, 0.25) is 0 Å². The zero-order valence-electron chi connectivity index (χ0n) is 16.2. The number of carbonyl (C=O) groups excluding carboxylic acids is 1. The maximum atomic E-state index is 12.6. The van der Waals surface area contributed by atoms with Crippen LogP contribution in [0.5, 0.6) is 0 Å². The SMILES string of the molecule is CCn1ccc(C(=O)N2CCN(Cc3nn(CC)c4c3COCC4)CC2)n1. The Balaban J connectivity index is 1.37. The summed E-state index contributed by atoms with van der Waals surface area (Å²) in [6, 6.07) is 1.81. The largest absolute Gasteiger partial charge is 0.376 e. The summed E-state index contributed by atoms with van der Waals surface area (Å²) in [5.74, 6) is 0.0305. The molecule has 1 saturated heterocycles. The van der Waals surface area contributed by atoms with Gasteiger partial charge in [0.25, 0.3) is 5.91 Å². The van der Waals surface area contributed by atoms with E-state index in [0.717, 1.165) is 64.5 Å². The van der Waals surface area contributed by atoms with Crippen LogP contribution in [0.15, 0.2) is 12.3 Å². The zero-order valence-corrected chi connectivity index (χ0v) is 16.2. The van der Waals surface area contributed by atoms with Crippen LogP contribution in [-0.4, -0.2) is 68.1 Å². The first-order valence-electron chi connectivity index (χ1n) is 9.89. The van der Waals surface area contributed by atoms with Crippen molar-refractivity contribution in [2.45, 2.75) is 46.5 Å². The van der Waals surface area contributed by atoms with Gasteiger partial charge < -0.3 is 9.64 Å². The Morgan fingerprint density at radius 1 is 1.15 bits per heavy atom. The lowest BCUT2D eigenvalue weighted by molar-refractivity contribution is 0.0618. The Hall–Kier alpha value is -2.19. The number of nitrogens with zero attached hydrogens (tertiary/aromatic N) is 6. The van der Waals surface area contributed by atoms with Crippen LogP contribution in [0.4, 0.5) is 0 Å². The number of rotatable bonds is 5. The van der Waals surface area contributed by atoms with Crippen molar-refractivity contribution in [3.63, 3.8) is 0 Å². The van der Waals surface area contributed by atoms with E-state index in [9.17, 15) is 4.79 Å². The zero-order chi connectivity index (χ0) is 18.8. The third-order valence-corrected chi connectivity index (χ3v) is 5.50. The van der Waals surface area contributed by atoms with Crippen LogP contribution >= 0.6 is 0 Å². The molecule has 2 aromatic heterocycles. The second-order valence-corrected chi connectivity index (χ2v) is 7.12. The average molecular weight is 372 g/mol. The molecule has 1 fully saturated rings. The van der Waals surface area contributed by atoms with Gasteiger partial charge in [-0.15, -0.1) is 0 Å². The van der Waals surface area contributed by atoms with Crippen molar-refractivity contribution >= 4 is 5.91 Å². The highest BCUT2D eigenvalue weighted by molar-refractivity contribution is 5.92. The van der Waals surface area contributed by atoms with E-state index in [1.807, 2.05) is 24.1 Å². The lowest BCUT2D eigenvalue weighted by Crippen LogP contribution is -2.48. The monoisotopic (exact) mass is 372 g/mol. The van der Waals surface area contributed by atoms with Gasteiger partial charge in [-0.2, -0.15) is 10.2 Å². The molecule has 2 aliphatic heterocycles. The number of ether oxygens (including phenoxy) is 1. The molecular weight excluding hydrogens is 344 g/mol. The molecule has 2 aromatic rings. The van der Waals surface area contributed by atoms with Crippen molar-refractivity contribution in [3.8, 4) is 0 Å². The predicted octanol–water partition coefficient (Wildman–Crippen LogP) is 1.15. The van der Waals surface area contributed by atoms with Crippen LogP contribution in [-0.2, 0) is 37.4 Å². The van der Waals surface area contributed by atoms with Gasteiger partial charge in [0, 0.05) is 69.7 Å². The van der Waals surface area contributed by atoms with Crippen LogP contribution < -0.4 is 0 Å². The summed E-state index contributed by atoms with van der Waals surface area (Å²) in [6.45, 7) is 11.3. The molecule has 0 aliphatic carbocycles. The second kappa shape index (κ2) is 7.82. The Labute approximate surface area is 159 Å². The fourth-order valence-electron chi connectivity index (χ4n) is 3.90. The summed E-state index contributed by atoms with van der Waals surface area (Å²) in [4.78, 5) is 16.9. The molecule has 0 N–H and O–H groups in total. The maximum Gasteiger partial charge on any atom is 0.274 e. The van der Waals surface area contributed by atoms with Crippen molar-refractivity contribution in [2.75, 3.05) is 32.8 Å². The molecule has 0 bridgehead atoms. The number of hydrogen-bond acceptors (Lipinski definition) is 5. The Morgan fingerprint density at radius 3 is 2.67 bits per heavy atom. The number of fused-ring (bicyclic) bond motifs is 1. The minimum Gasteiger partial charge on any atom is -0.376 e. The first kappa shape index (κ1) is 18.2. The topological polar surface area (TPSA) is 68.4 Å². The standard InChI is InChI=1S/C19H28N6O2/c1-3-24-7-5-16(20-24)19(26)23-10-8-22(9-11-23)13-17-15-14-27-12-6-18(15)25(4-2)21-17/h5,7H,3-4,6,8-14H2,1-2H3. The van der Waals surface area contributed by atoms with Crippen molar-refractivity contribution < 1.29 is 9.53 Å². The molecule has 8 heteroatoms. The number of aryl methyl sites for hydroxylation is 2. The summed E-state index contributed by atoms with van der Waals surface area (Å²) in [6.07, 6.45) is 2.81. The molecule has 0 radical (unpaired) electrons. The molecule has 0 aromatic carbocycles. The lowest BCUT2D eigenvalue weighted by atomic mass is 10.1. The lowest BCUT2D eigenvalue weighted by Gasteiger charge is -2.34. The van der Waals surface area contributed by atoms with E-state index in [1.54, 1.807) is 4.68 Å². The number of carbonyl (C=O) groups is 1. The van der Waals surface area contributed by atoms with E-state index in [-0.39, 0.29) is 5.91 Å². The summed E-state index contributed by atoms with van der Waals surface area (Å²) in [5.41, 5.74) is 4.28. The first-order valence-corrected chi connectivity index (χ1v) is 9.89. The van der Waals surface area contributed by atoms with Gasteiger partial charge in [0.1, 0.15) is 5.69 Å². The smallest absolute Gasteiger partial charge is 0.274 e. The highest BCUT2D eigenvalue weighted by atomic mass is 16.5. The van der Waals surface area contributed by atoms with Gasteiger partial charge in [-0.1, -0.05) is 0 Å². The van der Waals surface area contributed by atoms with Crippen molar-refractivity contribution in [3.05, 3.63) is 34.9 Å². The van der Waals surface area contributed by atoms with Crippen LogP contribution in [0.2, 0.25) is 0 Å². The molecule has 0 atom stereocenters. The van der Waals surface area contributed by atoms with Crippen LogP contribution in [0, 0.1) is 0 Å². The third kappa shape index (κ3) is 3.64. The third-order valence-electron chi connectivity index (χ3n) is 5.50. The summed E-state index contributed by atoms with van der Waals surface area (Å²) >= 11 is 0. The average Bonchev–Trinajstić information content (AvgIpc) is 3.33. The van der Waals surface area contributed by atoms with Crippen molar-refractivity contribution in [1.29, 1.82) is 0 Å². The maximum absolute atomic E-state index is 12.6.